The van der Waals surface area contributed by atoms with Crippen LogP contribution in [0.1, 0.15) is 48.9 Å². The Bertz CT molecular complexity index is 1590. The lowest BCUT2D eigenvalue weighted by Gasteiger charge is -2.44. The standard InChI is InChI=1S/C33H35F7N4O2/c1-19-10-23(34)7-8-26(19)27-14-29(44-17-24-6-5-9-43(24)16-25(44)18-45)41-15-28(27)42(4)30(46)31(2,3)20-11-21(32(35,36)37)13-22(12-20)33(38,39)40/h7-8,10-15,24-25,45H,5-6,9,16-18H2,1-4H3/t24?,25-/m1/s1. The number of pyridine rings is 1. The van der Waals surface area contributed by atoms with Crippen molar-refractivity contribution in [2.24, 2.45) is 0 Å². The molecule has 2 fully saturated rings. The van der Waals surface area contributed by atoms with Crippen molar-refractivity contribution in [1.29, 1.82) is 0 Å². The van der Waals surface area contributed by atoms with E-state index in [1.165, 1.54) is 45.3 Å². The lowest BCUT2D eigenvalue weighted by molar-refractivity contribution is -0.143. The maximum Gasteiger partial charge on any atom is 0.416 e. The van der Waals surface area contributed by atoms with Gasteiger partial charge in [0.05, 0.1) is 41.1 Å². The molecular formula is C33H35F7N4O2. The zero-order valence-corrected chi connectivity index (χ0v) is 25.8. The number of benzene rings is 2. The number of likely N-dealkylation sites (N-methyl/N-ethyl adjacent to an activating group) is 1. The number of alkyl halides is 6. The molecule has 2 aliphatic heterocycles. The molecule has 3 heterocycles. The van der Waals surface area contributed by atoms with Crippen molar-refractivity contribution in [3.63, 3.8) is 0 Å². The van der Waals surface area contributed by atoms with E-state index in [0.29, 0.717) is 47.7 Å². The summed E-state index contributed by atoms with van der Waals surface area (Å²) >= 11 is 0. The van der Waals surface area contributed by atoms with Crippen molar-refractivity contribution in [3.8, 4) is 11.1 Å². The number of aliphatic hydroxyl groups is 1. The van der Waals surface area contributed by atoms with Crippen LogP contribution in [0.25, 0.3) is 11.1 Å². The maximum absolute atomic E-state index is 14.1. The molecule has 6 nitrogen and oxygen atoms in total. The van der Waals surface area contributed by atoms with E-state index < -0.39 is 46.2 Å². The molecule has 46 heavy (non-hydrogen) atoms. The second-order valence-electron chi connectivity index (χ2n) is 12.6. The number of carbonyl (C=O) groups is 1. The normalized spacial score (nSPS) is 19.3. The number of anilines is 2. The molecule has 13 heteroatoms. The Morgan fingerprint density at radius 1 is 0.957 bits per heavy atom. The van der Waals surface area contributed by atoms with Gasteiger partial charge in [-0.2, -0.15) is 26.3 Å². The lowest BCUT2D eigenvalue weighted by atomic mass is 9.81. The van der Waals surface area contributed by atoms with Crippen molar-refractivity contribution in [2.75, 3.05) is 43.1 Å². The molecule has 5 rings (SSSR count). The molecule has 2 aliphatic rings. The minimum Gasteiger partial charge on any atom is -0.394 e. The number of hydrogen-bond donors (Lipinski definition) is 1. The Morgan fingerprint density at radius 2 is 1.59 bits per heavy atom. The van der Waals surface area contributed by atoms with Gasteiger partial charge in [0.25, 0.3) is 0 Å². The number of piperazine rings is 1. The minimum atomic E-state index is -5.08. The molecular weight excluding hydrogens is 617 g/mol. The van der Waals surface area contributed by atoms with Crippen LogP contribution in [0.4, 0.5) is 42.2 Å². The Morgan fingerprint density at radius 3 is 2.17 bits per heavy atom. The van der Waals surface area contributed by atoms with E-state index >= 15 is 0 Å². The third-order valence-electron chi connectivity index (χ3n) is 9.15. The van der Waals surface area contributed by atoms with Gasteiger partial charge in [-0.15, -0.1) is 0 Å². The largest absolute Gasteiger partial charge is 0.416 e. The first kappa shape index (κ1) is 33.6. The average Bonchev–Trinajstić information content (AvgIpc) is 3.46. The molecule has 3 aromatic rings. The smallest absolute Gasteiger partial charge is 0.394 e. The molecule has 0 bridgehead atoms. The number of rotatable bonds is 6. The zero-order valence-electron chi connectivity index (χ0n) is 25.8. The van der Waals surface area contributed by atoms with Crippen LogP contribution in [0.5, 0.6) is 0 Å². The van der Waals surface area contributed by atoms with Crippen LogP contribution in [0.15, 0.2) is 48.7 Å². The van der Waals surface area contributed by atoms with E-state index in [1.54, 1.807) is 13.0 Å². The number of aryl methyl sites for hydroxylation is 1. The third-order valence-corrected chi connectivity index (χ3v) is 9.15. The molecule has 2 aromatic carbocycles. The van der Waals surface area contributed by atoms with Crippen LogP contribution < -0.4 is 9.80 Å². The zero-order chi connectivity index (χ0) is 33.8. The number of nitrogens with zero attached hydrogens (tertiary/aromatic N) is 4. The molecule has 1 N–H and O–H groups in total. The molecule has 0 saturated carbocycles. The molecule has 248 valence electrons. The first-order valence-corrected chi connectivity index (χ1v) is 14.9. The van der Waals surface area contributed by atoms with Crippen molar-refractivity contribution in [2.45, 2.75) is 63.5 Å². The van der Waals surface area contributed by atoms with E-state index in [4.69, 9.17) is 0 Å². The average molecular weight is 653 g/mol. The summed E-state index contributed by atoms with van der Waals surface area (Å²) in [6, 6.07) is 7.01. The number of carbonyl (C=O) groups excluding carboxylic acids is 1. The highest BCUT2D eigenvalue weighted by molar-refractivity contribution is 6.03. The number of amides is 1. The highest BCUT2D eigenvalue weighted by atomic mass is 19.4. The van der Waals surface area contributed by atoms with Crippen LogP contribution >= 0.6 is 0 Å². The summed E-state index contributed by atoms with van der Waals surface area (Å²) in [5.41, 5.74) is -3.58. The Balaban J connectivity index is 1.59. The van der Waals surface area contributed by atoms with Crippen LogP contribution in [0.3, 0.4) is 0 Å². The Hall–Kier alpha value is -3.71. The van der Waals surface area contributed by atoms with E-state index in [9.17, 15) is 40.6 Å². The fourth-order valence-electron chi connectivity index (χ4n) is 6.50. The Kier molecular flexibility index (Phi) is 8.88. The summed E-state index contributed by atoms with van der Waals surface area (Å²) in [6.07, 6.45) is -6.70. The van der Waals surface area contributed by atoms with Crippen LogP contribution in [-0.4, -0.2) is 66.3 Å². The highest BCUT2D eigenvalue weighted by Gasteiger charge is 2.42. The first-order valence-electron chi connectivity index (χ1n) is 14.9. The fraction of sp³-hybridized carbons (Fsp3) is 0.455. The molecule has 0 spiro atoms. The van der Waals surface area contributed by atoms with Gasteiger partial charge < -0.3 is 14.9 Å². The number of aliphatic hydroxyl groups excluding tert-OH is 1. The molecule has 0 radical (unpaired) electrons. The SMILES string of the molecule is Cc1cc(F)ccc1-c1cc(N2CC3CCCN3C[C@@H]2CO)ncc1N(C)C(=O)C(C)(C)c1cc(C(F)(F)F)cc(C(F)(F)F)c1. The number of aromatic nitrogens is 1. The van der Waals surface area contributed by atoms with Gasteiger partial charge in [-0.1, -0.05) is 6.07 Å². The second kappa shape index (κ2) is 12.1. The first-order chi connectivity index (χ1) is 21.4. The molecule has 1 aromatic heterocycles. The highest BCUT2D eigenvalue weighted by Crippen LogP contribution is 2.42. The summed E-state index contributed by atoms with van der Waals surface area (Å²) in [4.78, 5) is 24.2. The quantitative estimate of drug-likeness (QED) is 0.297. The summed E-state index contributed by atoms with van der Waals surface area (Å²) in [6.45, 7) is 6.28. The predicted octanol–water partition coefficient (Wildman–Crippen LogP) is 6.82. The van der Waals surface area contributed by atoms with Gasteiger partial charge in [-0.3, -0.25) is 9.69 Å². The topological polar surface area (TPSA) is 59.9 Å². The second-order valence-corrected chi connectivity index (χ2v) is 12.6. The summed E-state index contributed by atoms with van der Waals surface area (Å²) in [5, 5.41) is 10.2. The van der Waals surface area contributed by atoms with Crippen LogP contribution in [0.2, 0.25) is 0 Å². The molecule has 1 amide bonds. The van der Waals surface area contributed by atoms with Gasteiger partial charge in [0.1, 0.15) is 11.6 Å². The maximum atomic E-state index is 14.1. The van der Waals surface area contributed by atoms with E-state index in [1.807, 2.05) is 4.90 Å². The number of fused-ring (bicyclic) bond motifs is 1. The Labute approximate surface area is 262 Å². The van der Waals surface area contributed by atoms with Gasteiger partial charge >= 0.3 is 12.4 Å². The molecule has 2 saturated heterocycles. The lowest BCUT2D eigenvalue weighted by Crippen LogP contribution is -2.57. The van der Waals surface area contributed by atoms with Crippen molar-refractivity contribution in [3.05, 3.63) is 76.7 Å². The van der Waals surface area contributed by atoms with E-state index in [2.05, 4.69) is 9.88 Å². The van der Waals surface area contributed by atoms with Crippen molar-refractivity contribution in [1.82, 2.24) is 9.88 Å². The van der Waals surface area contributed by atoms with Gasteiger partial charge in [0.15, 0.2) is 0 Å². The van der Waals surface area contributed by atoms with Gasteiger partial charge in [-0.25, -0.2) is 9.37 Å². The van der Waals surface area contributed by atoms with E-state index in [0.717, 1.165) is 24.3 Å². The van der Waals surface area contributed by atoms with E-state index in [-0.39, 0.29) is 30.4 Å². The summed E-state index contributed by atoms with van der Waals surface area (Å²) in [5.74, 6) is -0.755. The van der Waals surface area contributed by atoms with Crippen molar-refractivity contribution < 1.29 is 40.6 Å². The van der Waals surface area contributed by atoms with Crippen molar-refractivity contribution >= 4 is 17.4 Å². The van der Waals surface area contributed by atoms with Gasteiger partial charge in [0, 0.05) is 31.7 Å². The van der Waals surface area contributed by atoms with Crippen LogP contribution in [0, 0.1) is 12.7 Å². The molecule has 1 unspecified atom stereocenters. The predicted molar refractivity (Wildman–Crippen MR) is 160 cm³/mol. The van der Waals surface area contributed by atoms with Crippen LogP contribution in [-0.2, 0) is 22.6 Å². The number of hydrogen-bond acceptors (Lipinski definition) is 5. The fourth-order valence-corrected chi connectivity index (χ4v) is 6.50. The van der Waals surface area contributed by atoms with Gasteiger partial charge in [-0.05, 0) is 93.2 Å². The summed E-state index contributed by atoms with van der Waals surface area (Å²) in [7, 11) is 1.37. The molecule has 2 atom stereocenters. The minimum absolute atomic E-state index is 0.0247. The monoisotopic (exact) mass is 652 g/mol. The summed E-state index contributed by atoms with van der Waals surface area (Å²) < 4.78 is 96.1. The third kappa shape index (κ3) is 6.44. The molecule has 0 aliphatic carbocycles. The van der Waals surface area contributed by atoms with Gasteiger partial charge in [0.2, 0.25) is 5.91 Å². The number of halogens is 7.